The van der Waals surface area contributed by atoms with Gasteiger partial charge in [0.25, 0.3) is 0 Å². The first kappa shape index (κ1) is 13.1. The highest BCUT2D eigenvalue weighted by Crippen LogP contribution is 2.32. The molecule has 1 rings (SSSR count). The van der Waals surface area contributed by atoms with E-state index in [0.29, 0.717) is 11.5 Å². The van der Waals surface area contributed by atoms with E-state index in [0.717, 1.165) is 0 Å². The Morgan fingerprint density at radius 2 is 1.76 bits per heavy atom. The van der Waals surface area contributed by atoms with Gasteiger partial charge < -0.3 is 24.7 Å². The minimum atomic E-state index is -0.578. The lowest BCUT2D eigenvalue weighted by Crippen LogP contribution is -2.10. The van der Waals surface area contributed by atoms with E-state index in [9.17, 15) is 4.79 Å². The highest BCUT2D eigenvalue weighted by Gasteiger charge is 2.16. The number of hydrogen-bond donors (Lipinski definition) is 1. The van der Waals surface area contributed by atoms with Gasteiger partial charge in [-0.2, -0.15) is 0 Å². The van der Waals surface area contributed by atoms with Gasteiger partial charge in [0.15, 0.2) is 18.3 Å². The molecule has 1 aromatic rings. The fraction of sp³-hybridized carbons (Fsp3) is 0.364. The van der Waals surface area contributed by atoms with E-state index >= 15 is 0 Å². The van der Waals surface area contributed by atoms with Gasteiger partial charge in [-0.3, -0.25) is 0 Å². The molecule has 94 valence electrons. The van der Waals surface area contributed by atoms with Gasteiger partial charge in [0.2, 0.25) is 0 Å². The molecule has 0 aromatic heterocycles. The number of rotatable bonds is 5. The van der Waals surface area contributed by atoms with Crippen molar-refractivity contribution in [3.8, 4) is 11.5 Å². The van der Waals surface area contributed by atoms with Gasteiger partial charge in [0.1, 0.15) is 0 Å². The summed E-state index contributed by atoms with van der Waals surface area (Å²) < 4.78 is 19.5. The van der Waals surface area contributed by atoms with E-state index in [1.807, 2.05) is 0 Å². The fourth-order valence-corrected chi connectivity index (χ4v) is 1.26. The molecule has 0 spiro atoms. The van der Waals surface area contributed by atoms with E-state index in [-0.39, 0.29) is 18.0 Å². The second-order valence-electron chi connectivity index (χ2n) is 3.13. The Balaban J connectivity index is 3.03. The zero-order valence-electron chi connectivity index (χ0n) is 9.98. The van der Waals surface area contributed by atoms with Crippen LogP contribution in [0.3, 0.4) is 0 Å². The SMILES string of the molecule is COCOC(=O)c1cc(OC)c(OC)cc1N. The van der Waals surface area contributed by atoms with Crippen molar-refractivity contribution in [1.82, 2.24) is 0 Å². The number of benzene rings is 1. The highest BCUT2D eigenvalue weighted by atomic mass is 16.7. The van der Waals surface area contributed by atoms with E-state index in [1.54, 1.807) is 0 Å². The molecule has 0 aliphatic carbocycles. The first-order valence-corrected chi connectivity index (χ1v) is 4.81. The van der Waals surface area contributed by atoms with Crippen molar-refractivity contribution >= 4 is 11.7 Å². The van der Waals surface area contributed by atoms with Crippen molar-refractivity contribution < 1.29 is 23.7 Å². The summed E-state index contributed by atoms with van der Waals surface area (Å²) in [7, 11) is 4.38. The molecule has 0 heterocycles. The fourth-order valence-electron chi connectivity index (χ4n) is 1.26. The molecule has 0 aliphatic heterocycles. The predicted octanol–water partition coefficient (Wildman–Crippen LogP) is 1.05. The van der Waals surface area contributed by atoms with E-state index in [2.05, 4.69) is 4.74 Å². The number of methoxy groups -OCH3 is 3. The number of anilines is 1. The highest BCUT2D eigenvalue weighted by molar-refractivity contribution is 5.96. The summed E-state index contributed by atoms with van der Waals surface area (Å²) in [6.07, 6.45) is 0. The van der Waals surface area contributed by atoms with Crippen LogP contribution in [0.1, 0.15) is 10.4 Å². The molecule has 0 unspecified atom stereocenters. The standard InChI is InChI=1S/C11H15NO5/c1-14-6-17-11(13)7-4-9(15-2)10(16-3)5-8(7)12/h4-5H,6,12H2,1-3H3. The number of nitrogens with two attached hydrogens (primary N) is 1. The smallest absolute Gasteiger partial charge is 0.342 e. The topological polar surface area (TPSA) is 80.0 Å². The maximum absolute atomic E-state index is 11.6. The van der Waals surface area contributed by atoms with Crippen LogP contribution in [-0.2, 0) is 9.47 Å². The molecular formula is C11H15NO5. The number of nitrogen functional groups attached to an aromatic ring is 1. The third-order valence-corrected chi connectivity index (χ3v) is 2.08. The minimum absolute atomic E-state index is 0.132. The lowest BCUT2D eigenvalue weighted by Gasteiger charge is -2.11. The molecule has 0 fully saturated rings. The van der Waals surface area contributed by atoms with E-state index in [1.165, 1.54) is 33.5 Å². The summed E-state index contributed by atoms with van der Waals surface area (Å²) in [4.78, 5) is 11.6. The number of carbonyl (C=O) groups excluding carboxylic acids is 1. The first-order chi connectivity index (χ1) is 8.13. The molecule has 6 nitrogen and oxygen atoms in total. The van der Waals surface area contributed by atoms with Gasteiger partial charge in [0, 0.05) is 19.2 Å². The molecule has 0 aliphatic rings. The molecule has 17 heavy (non-hydrogen) atoms. The summed E-state index contributed by atoms with van der Waals surface area (Å²) in [5.74, 6) is 0.282. The monoisotopic (exact) mass is 241 g/mol. The second kappa shape index (κ2) is 5.95. The van der Waals surface area contributed by atoms with Gasteiger partial charge in [-0.1, -0.05) is 0 Å². The van der Waals surface area contributed by atoms with Crippen molar-refractivity contribution in [2.75, 3.05) is 33.9 Å². The van der Waals surface area contributed by atoms with Crippen LogP contribution in [0.4, 0.5) is 5.69 Å². The molecule has 2 N–H and O–H groups in total. The summed E-state index contributed by atoms with van der Waals surface area (Å²) in [5, 5.41) is 0. The first-order valence-electron chi connectivity index (χ1n) is 4.81. The molecule has 0 bridgehead atoms. The van der Waals surface area contributed by atoms with Crippen LogP contribution >= 0.6 is 0 Å². The second-order valence-corrected chi connectivity index (χ2v) is 3.13. The van der Waals surface area contributed by atoms with Crippen LogP contribution in [0.5, 0.6) is 11.5 Å². The van der Waals surface area contributed by atoms with Crippen molar-refractivity contribution in [1.29, 1.82) is 0 Å². The van der Waals surface area contributed by atoms with E-state index in [4.69, 9.17) is 19.9 Å². The normalized spacial score (nSPS) is 9.82. The van der Waals surface area contributed by atoms with E-state index < -0.39 is 5.97 Å². The Morgan fingerprint density at radius 3 is 2.29 bits per heavy atom. The maximum Gasteiger partial charge on any atom is 0.342 e. The van der Waals surface area contributed by atoms with Gasteiger partial charge in [-0.05, 0) is 0 Å². The number of esters is 1. The molecule has 0 amide bonds. The van der Waals surface area contributed by atoms with Crippen LogP contribution in [0, 0.1) is 0 Å². The largest absolute Gasteiger partial charge is 0.493 e. The summed E-state index contributed by atoms with van der Waals surface area (Å²) in [6.45, 7) is -0.132. The van der Waals surface area contributed by atoms with Crippen molar-refractivity contribution in [3.05, 3.63) is 17.7 Å². The zero-order chi connectivity index (χ0) is 12.8. The Morgan fingerprint density at radius 1 is 1.18 bits per heavy atom. The number of carbonyl (C=O) groups is 1. The number of ether oxygens (including phenoxy) is 4. The molecule has 0 atom stereocenters. The zero-order valence-corrected chi connectivity index (χ0v) is 9.98. The third kappa shape index (κ3) is 3.01. The van der Waals surface area contributed by atoms with Crippen LogP contribution in [0.15, 0.2) is 12.1 Å². The van der Waals surface area contributed by atoms with Crippen molar-refractivity contribution in [3.63, 3.8) is 0 Å². The molecule has 1 aromatic carbocycles. The van der Waals surface area contributed by atoms with Crippen LogP contribution in [-0.4, -0.2) is 34.1 Å². The molecule has 0 radical (unpaired) electrons. The summed E-state index contributed by atoms with van der Waals surface area (Å²) in [6, 6.07) is 2.97. The Bertz CT molecular complexity index is 405. The number of hydrogen-bond acceptors (Lipinski definition) is 6. The lowest BCUT2D eigenvalue weighted by molar-refractivity contribution is -0.0124. The van der Waals surface area contributed by atoms with Gasteiger partial charge >= 0.3 is 5.97 Å². The average molecular weight is 241 g/mol. The van der Waals surface area contributed by atoms with Crippen LogP contribution < -0.4 is 15.2 Å². The summed E-state index contributed by atoms with van der Waals surface area (Å²) >= 11 is 0. The average Bonchev–Trinajstić information content (AvgIpc) is 2.35. The Hall–Kier alpha value is -1.95. The van der Waals surface area contributed by atoms with Crippen LogP contribution in [0.2, 0.25) is 0 Å². The minimum Gasteiger partial charge on any atom is -0.493 e. The van der Waals surface area contributed by atoms with Gasteiger partial charge in [0.05, 0.1) is 25.5 Å². The van der Waals surface area contributed by atoms with Gasteiger partial charge in [-0.25, -0.2) is 4.79 Å². The quantitative estimate of drug-likeness (QED) is 0.471. The maximum atomic E-state index is 11.6. The Kier molecular flexibility index (Phi) is 4.59. The molecular weight excluding hydrogens is 226 g/mol. The van der Waals surface area contributed by atoms with Crippen molar-refractivity contribution in [2.24, 2.45) is 0 Å². The predicted molar refractivity (Wildman–Crippen MR) is 61.2 cm³/mol. The van der Waals surface area contributed by atoms with Crippen molar-refractivity contribution in [2.45, 2.75) is 0 Å². The third-order valence-electron chi connectivity index (χ3n) is 2.08. The van der Waals surface area contributed by atoms with Gasteiger partial charge in [-0.15, -0.1) is 0 Å². The molecule has 0 saturated heterocycles. The molecule has 6 heteroatoms. The lowest BCUT2D eigenvalue weighted by atomic mass is 10.1. The molecule has 0 saturated carbocycles. The summed E-state index contributed by atoms with van der Waals surface area (Å²) in [5.41, 5.74) is 6.18. The van der Waals surface area contributed by atoms with Crippen LogP contribution in [0.25, 0.3) is 0 Å². The Labute approximate surface area is 99.2 Å².